The first-order chi connectivity index (χ1) is 4.88. The molecule has 0 radical (unpaired) electrons. The molecule has 0 spiro atoms. The van der Waals surface area contributed by atoms with Crippen molar-refractivity contribution in [3.05, 3.63) is 12.7 Å². The average molecular weight is 193 g/mol. The molecule has 0 fully saturated rings. The molecule has 3 nitrogen and oxygen atoms in total. The first kappa shape index (κ1) is 14.0. The molecule has 0 saturated carbocycles. The zero-order valence-electron chi connectivity index (χ0n) is 7.76. The Kier molecular flexibility index (Phi) is 6.03. The van der Waals surface area contributed by atoms with Gasteiger partial charge in [-0.2, -0.15) is 0 Å². The summed E-state index contributed by atoms with van der Waals surface area (Å²) in [5.74, 6) is -0.184. The second kappa shape index (κ2) is 5.17. The van der Waals surface area contributed by atoms with Gasteiger partial charge >= 0.3 is 0 Å². The number of nitrogens with two attached hydrogens (primary N) is 1. The minimum atomic E-state index is -0.390. The molecule has 0 aromatic rings. The number of halogens is 1. The lowest BCUT2D eigenvalue weighted by Crippen LogP contribution is -2.52. The third-order valence-electron chi connectivity index (χ3n) is 1.66. The summed E-state index contributed by atoms with van der Waals surface area (Å²) in [6, 6.07) is -0.0481. The monoisotopic (exact) mass is 192 g/mol. The van der Waals surface area contributed by atoms with Crippen molar-refractivity contribution in [3.63, 3.8) is 0 Å². The third kappa shape index (κ3) is 5.16. The van der Waals surface area contributed by atoms with Crippen LogP contribution in [0.25, 0.3) is 0 Å². The van der Waals surface area contributed by atoms with Gasteiger partial charge in [-0.25, -0.2) is 0 Å². The number of amides is 1. The van der Waals surface area contributed by atoms with Gasteiger partial charge in [-0.1, -0.05) is 6.58 Å². The Morgan fingerprint density at radius 3 is 2.33 bits per heavy atom. The van der Waals surface area contributed by atoms with Crippen LogP contribution in [0.15, 0.2) is 12.7 Å². The van der Waals surface area contributed by atoms with Crippen LogP contribution in [0.1, 0.15) is 20.8 Å². The summed E-state index contributed by atoms with van der Waals surface area (Å²) in [5.41, 5.74) is 5.34. The standard InChI is InChI=1S/C8H16N2O.ClH/c1-5-7(11)10-6(2)8(3,4)9;/h5-6H,1,9H2,2-4H3,(H,10,11);1H. The highest BCUT2D eigenvalue weighted by Crippen LogP contribution is 2.03. The van der Waals surface area contributed by atoms with Gasteiger partial charge in [0.2, 0.25) is 5.91 Å². The molecule has 72 valence electrons. The normalized spacial score (nSPS) is 12.7. The molecular formula is C8H17ClN2O. The number of carbonyl (C=O) groups excluding carboxylic acids is 1. The molecule has 3 N–H and O–H groups in total. The fourth-order valence-electron chi connectivity index (χ4n) is 0.458. The summed E-state index contributed by atoms with van der Waals surface area (Å²) < 4.78 is 0. The predicted molar refractivity (Wildman–Crippen MR) is 53.3 cm³/mol. The summed E-state index contributed by atoms with van der Waals surface area (Å²) in [4.78, 5) is 10.8. The lowest BCUT2D eigenvalue weighted by molar-refractivity contribution is -0.117. The summed E-state index contributed by atoms with van der Waals surface area (Å²) in [6.45, 7) is 8.93. The van der Waals surface area contributed by atoms with Gasteiger partial charge in [0.1, 0.15) is 0 Å². The summed E-state index contributed by atoms with van der Waals surface area (Å²) in [7, 11) is 0. The molecule has 0 aromatic heterocycles. The van der Waals surface area contributed by atoms with Crippen molar-refractivity contribution < 1.29 is 4.79 Å². The van der Waals surface area contributed by atoms with E-state index in [1.165, 1.54) is 6.08 Å². The first-order valence-corrected chi connectivity index (χ1v) is 3.59. The van der Waals surface area contributed by atoms with Crippen LogP contribution in [0.5, 0.6) is 0 Å². The second-order valence-electron chi connectivity index (χ2n) is 3.26. The summed E-state index contributed by atoms with van der Waals surface area (Å²) >= 11 is 0. The van der Waals surface area contributed by atoms with Crippen LogP contribution in [0.2, 0.25) is 0 Å². The maximum Gasteiger partial charge on any atom is 0.243 e. The van der Waals surface area contributed by atoms with Crippen molar-refractivity contribution in [2.45, 2.75) is 32.4 Å². The lowest BCUT2D eigenvalue weighted by atomic mass is 9.98. The Morgan fingerprint density at radius 1 is 1.67 bits per heavy atom. The molecule has 12 heavy (non-hydrogen) atoms. The molecule has 0 aliphatic heterocycles. The molecule has 1 atom stereocenters. The molecule has 0 bridgehead atoms. The second-order valence-corrected chi connectivity index (χ2v) is 3.26. The molecular weight excluding hydrogens is 176 g/mol. The number of hydrogen-bond acceptors (Lipinski definition) is 2. The highest BCUT2D eigenvalue weighted by molar-refractivity contribution is 5.87. The lowest BCUT2D eigenvalue weighted by Gasteiger charge is -2.27. The Balaban J connectivity index is 0. The van der Waals surface area contributed by atoms with Crippen molar-refractivity contribution in [1.82, 2.24) is 5.32 Å². The van der Waals surface area contributed by atoms with E-state index in [-0.39, 0.29) is 24.4 Å². The number of hydrogen-bond donors (Lipinski definition) is 2. The van der Waals surface area contributed by atoms with Gasteiger partial charge < -0.3 is 11.1 Å². The van der Waals surface area contributed by atoms with Crippen molar-refractivity contribution in [1.29, 1.82) is 0 Å². The minimum Gasteiger partial charge on any atom is -0.348 e. The maximum absolute atomic E-state index is 10.8. The van der Waals surface area contributed by atoms with E-state index in [4.69, 9.17) is 5.73 Å². The first-order valence-electron chi connectivity index (χ1n) is 3.59. The van der Waals surface area contributed by atoms with Gasteiger partial charge in [-0.3, -0.25) is 4.79 Å². The third-order valence-corrected chi connectivity index (χ3v) is 1.66. The molecule has 4 heteroatoms. The van der Waals surface area contributed by atoms with Crippen LogP contribution >= 0.6 is 12.4 Å². The van der Waals surface area contributed by atoms with Crippen molar-refractivity contribution in [2.75, 3.05) is 0 Å². The van der Waals surface area contributed by atoms with Crippen molar-refractivity contribution >= 4 is 18.3 Å². The van der Waals surface area contributed by atoms with Gasteiger partial charge in [0, 0.05) is 11.6 Å². The van der Waals surface area contributed by atoms with Crippen LogP contribution in [-0.4, -0.2) is 17.5 Å². The van der Waals surface area contributed by atoms with Gasteiger partial charge in [0.15, 0.2) is 0 Å². The molecule has 1 unspecified atom stereocenters. The van der Waals surface area contributed by atoms with E-state index in [9.17, 15) is 4.79 Å². The van der Waals surface area contributed by atoms with Crippen LogP contribution in [0, 0.1) is 0 Å². The highest BCUT2D eigenvalue weighted by atomic mass is 35.5. The average Bonchev–Trinajstić information content (AvgIpc) is 1.85. The van der Waals surface area contributed by atoms with Crippen molar-refractivity contribution in [2.24, 2.45) is 5.73 Å². The van der Waals surface area contributed by atoms with Crippen LogP contribution in [0.4, 0.5) is 0 Å². The Hall–Kier alpha value is -0.540. The summed E-state index contributed by atoms with van der Waals surface area (Å²) in [5, 5.41) is 2.69. The van der Waals surface area contributed by atoms with Crippen LogP contribution < -0.4 is 11.1 Å². The smallest absolute Gasteiger partial charge is 0.243 e. The van der Waals surface area contributed by atoms with E-state index in [1.807, 2.05) is 20.8 Å². The minimum absolute atomic E-state index is 0. The highest BCUT2D eigenvalue weighted by Gasteiger charge is 2.20. The number of nitrogens with one attached hydrogen (secondary N) is 1. The zero-order chi connectivity index (χ0) is 9.07. The molecule has 0 heterocycles. The SMILES string of the molecule is C=CC(=O)NC(C)C(C)(C)N.Cl. The molecule has 0 aromatic carbocycles. The van der Waals surface area contributed by atoms with E-state index < -0.39 is 5.54 Å². The Morgan fingerprint density at radius 2 is 2.08 bits per heavy atom. The van der Waals surface area contributed by atoms with Crippen LogP contribution in [-0.2, 0) is 4.79 Å². The molecule has 0 saturated heterocycles. The molecule has 0 aliphatic carbocycles. The van der Waals surface area contributed by atoms with Gasteiger partial charge in [0.05, 0.1) is 0 Å². The van der Waals surface area contributed by atoms with E-state index in [0.717, 1.165) is 0 Å². The van der Waals surface area contributed by atoms with E-state index in [2.05, 4.69) is 11.9 Å². The van der Waals surface area contributed by atoms with E-state index >= 15 is 0 Å². The molecule has 0 rings (SSSR count). The maximum atomic E-state index is 10.8. The predicted octanol–water partition coefficient (Wildman–Crippen LogP) is 0.836. The number of carbonyl (C=O) groups is 1. The van der Waals surface area contributed by atoms with Gasteiger partial charge in [-0.05, 0) is 26.8 Å². The molecule has 0 aliphatic rings. The summed E-state index contributed by atoms with van der Waals surface area (Å²) in [6.07, 6.45) is 1.24. The topological polar surface area (TPSA) is 55.1 Å². The quantitative estimate of drug-likeness (QED) is 0.652. The van der Waals surface area contributed by atoms with E-state index in [0.29, 0.717) is 0 Å². The van der Waals surface area contributed by atoms with Gasteiger partial charge in [0.25, 0.3) is 0 Å². The fraction of sp³-hybridized carbons (Fsp3) is 0.625. The van der Waals surface area contributed by atoms with Crippen LogP contribution in [0.3, 0.4) is 0 Å². The largest absolute Gasteiger partial charge is 0.348 e. The zero-order valence-corrected chi connectivity index (χ0v) is 8.57. The molecule has 1 amide bonds. The fourth-order valence-corrected chi connectivity index (χ4v) is 0.458. The van der Waals surface area contributed by atoms with E-state index in [1.54, 1.807) is 0 Å². The Bertz CT molecular complexity index is 163. The Labute approximate surface area is 79.8 Å². The van der Waals surface area contributed by atoms with Gasteiger partial charge in [-0.15, -0.1) is 12.4 Å². The van der Waals surface area contributed by atoms with Crippen molar-refractivity contribution in [3.8, 4) is 0 Å². The number of rotatable bonds is 3.